The number of benzene rings is 1. The van der Waals surface area contributed by atoms with Crippen LogP contribution >= 0.6 is 0 Å². The van der Waals surface area contributed by atoms with Crippen LogP contribution in [0.15, 0.2) is 39.3 Å². The Kier molecular flexibility index (Phi) is 8.58. The van der Waals surface area contributed by atoms with Gasteiger partial charge in [0.1, 0.15) is 5.82 Å². The molecule has 0 atom stereocenters. The van der Waals surface area contributed by atoms with E-state index in [4.69, 9.17) is 10.7 Å². The number of imidazole rings is 1. The summed E-state index contributed by atoms with van der Waals surface area (Å²) in [7, 11) is -4.13. The third-order valence-corrected chi connectivity index (χ3v) is 7.70. The molecule has 11 heteroatoms. The van der Waals surface area contributed by atoms with Crippen LogP contribution in [0, 0.1) is 5.92 Å². The Hall–Kier alpha value is -2.66. The van der Waals surface area contributed by atoms with Crippen LogP contribution in [0.1, 0.15) is 66.1 Å². The molecule has 1 saturated carbocycles. The maximum absolute atomic E-state index is 13.7. The molecule has 1 aliphatic rings. The van der Waals surface area contributed by atoms with E-state index in [1.807, 2.05) is 39.2 Å². The van der Waals surface area contributed by atoms with Gasteiger partial charge in [-0.3, -0.25) is 4.79 Å². The molecule has 1 aliphatic carbocycles. The monoisotopic (exact) mass is 537 g/mol. The number of carbonyl (C=O) groups is 1. The van der Waals surface area contributed by atoms with Gasteiger partial charge in [0.05, 0.1) is 34.3 Å². The van der Waals surface area contributed by atoms with E-state index in [1.165, 1.54) is 12.1 Å². The maximum Gasteiger partial charge on any atom is 0.282 e. The number of carbonyl (C=O) groups excluding carboxylic acids is 1. The number of halogens is 2. The van der Waals surface area contributed by atoms with Crippen molar-refractivity contribution in [3.63, 3.8) is 0 Å². The molecule has 0 unspecified atom stereocenters. The molecule has 204 valence electrons. The minimum atomic E-state index is -4.13. The molecule has 8 nitrogen and oxygen atoms in total. The fourth-order valence-corrected chi connectivity index (χ4v) is 5.24. The lowest BCUT2D eigenvalue weighted by Crippen LogP contribution is -2.30. The molecule has 0 bridgehead atoms. The minimum absolute atomic E-state index is 0.00434. The molecule has 0 saturated heterocycles. The number of ketones is 1. The molecule has 1 aromatic heterocycles. The predicted octanol–water partition coefficient (Wildman–Crippen LogP) is 4.33. The highest BCUT2D eigenvalue weighted by molar-refractivity contribution is 7.90. The van der Waals surface area contributed by atoms with Gasteiger partial charge in [0, 0.05) is 37.0 Å². The van der Waals surface area contributed by atoms with Crippen molar-refractivity contribution in [1.82, 2.24) is 14.9 Å². The Morgan fingerprint density at radius 1 is 1.30 bits per heavy atom. The lowest BCUT2D eigenvalue weighted by Gasteiger charge is -2.30. The number of nitrogens with two attached hydrogens (primary N) is 1. The van der Waals surface area contributed by atoms with Crippen molar-refractivity contribution in [1.29, 1.82) is 0 Å². The maximum atomic E-state index is 13.7. The second kappa shape index (κ2) is 11.0. The lowest BCUT2D eigenvalue weighted by atomic mass is 9.86. The van der Waals surface area contributed by atoms with Crippen LogP contribution in [0.3, 0.4) is 0 Å². The quantitative estimate of drug-likeness (QED) is 0.363. The number of fused-ring (bicyclic) bond motifs is 1. The summed E-state index contributed by atoms with van der Waals surface area (Å²) in [5.41, 5.74) is 6.38. The van der Waals surface area contributed by atoms with Crippen LogP contribution in [0.2, 0.25) is 0 Å². The molecule has 37 heavy (non-hydrogen) atoms. The van der Waals surface area contributed by atoms with Gasteiger partial charge >= 0.3 is 0 Å². The van der Waals surface area contributed by atoms with Crippen LogP contribution in [0.4, 0.5) is 8.78 Å². The average Bonchev–Trinajstić information content (AvgIpc) is 3.17. The largest absolute Gasteiger partial charge is 0.404 e. The topological polar surface area (TPSA) is 119 Å². The van der Waals surface area contributed by atoms with Crippen molar-refractivity contribution in [2.75, 3.05) is 6.54 Å². The number of nitrogens with zero attached hydrogens (tertiary/aromatic N) is 3. The van der Waals surface area contributed by atoms with E-state index in [-0.39, 0.29) is 53.0 Å². The highest BCUT2D eigenvalue weighted by Crippen LogP contribution is 2.38. The number of sulfonamides is 1. The molecular formula is C26H37F2N5O3S. The van der Waals surface area contributed by atoms with Crippen molar-refractivity contribution in [2.24, 2.45) is 16.0 Å². The van der Waals surface area contributed by atoms with Crippen LogP contribution in [-0.4, -0.2) is 48.5 Å². The zero-order valence-electron chi connectivity index (χ0n) is 22.1. The smallest absolute Gasteiger partial charge is 0.282 e. The van der Waals surface area contributed by atoms with Crippen molar-refractivity contribution >= 4 is 33.1 Å². The number of hydrogen-bond donors (Lipinski definition) is 2. The Balaban J connectivity index is 1.90. The molecular weight excluding hydrogens is 500 g/mol. The zero-order chi connectivity index (χ0) is 27.6. The Labute approximate surface area is 217 Å². The summed E-state index contributed by atoms with van der Waals surface area (Å²) in [6.45, 7) is 10.3. The molecule has 2 aromatic rings. The minimum Gasteiger partial charge on any atom is -0.404 e. The highest BCUT2D eigenvalue weighted by atomic mass is 32.2. The third-order valence-electron chi connectivity index (χ3n) is 6.47. The van der Waals surface area contributed by atoms with Crippen LogP contribution in [0.25, 0.3) is 11.0 Å². The Bertz CT molecular complexity index is 1300. The fraction of sp³-hybridized carbons (Fsp3) is 0.577. The molecule has 0 radical (unpaired) electrons. The number of alkyl halides is 2. The molecule has 0 aliphatic heterocycles. The van der Waals surface area contributed by atoms with E-state index in [1.54, 1.807) is 6.07 Å². The first kappa shape index (κ1) is 28.9. The summed E-state index contributed by atoms with van der Waals surface area (Å²) in [5.74, 6) is -2.12. The number of nitrogens with one attached hydrogen (secondary N) is 1. The third kappa shape index (κ3) is 7.22. The highest BCUT2D eigenvalue weighted by Gasteiger charge is 2.36. The van der Waals surface area contributed by atoms with Gasteiger partial charge < -0.3 is 15.6 Å². The fourth-order valence-electron chi connectivity index (χ4n) is 4.36. The number of rotatable bonds is 9. The molecule has 1 heterocycles. The first-order valence-corrected chi connectivity index (χ1v) is 13.9. The second-order valence-electron chi connectivity index (χ2n) is 11.0. The SMILES string of the molecule is CC(C)NCC(=O)C(C=NS(=O)(=O)c1ccc2c(c1)nc(C(C)(C)C)n2CC1CCC(F)(F)CC1)=CN. The summed E-state index contributed by atoms with van der Waals surface area (Å²) in [6, 6.07) is 4.65. The molecule has 1 fully saturated rings. The van der Waals surface area contributed by atoms with Gasteiger partial charge in [-0.25, -0.2) is 13.8 Å². The van der Waals surface area contributed by atoms with Crippen molar-refractivity contribution in [2.45, 2.75) is 89.1 Å². The Morgan fingerprint density at radius 2 is 1.95 bits per heavy atom. The molecule has 3 N–H and O–H groups in total. The van der Waals surface area contributed by atoms with Gasteiger partial charge in [-0.2, -0.15) is 12.8 Å². The first-order valence-electron chi connectivity index (χ1n) is 12.5. The van der Waals surface area contributed by atoms with Crippen molar-refractivity contribution in [3.8, 4) is 0 Å². The van der Waals surface area contributed by atoms with Crippen molar-refractivity contribution < 1.29 is 22.0 Å². The van der Waals surface area contributed by atoms with Gasteiger partial charge in [0.2, 0.25) is 5.92 Å². The van der Waals surface area contributed by atoms with Gasteiger partial charge in [-0.1, -0.05) is 34.6 Å². The summed E-state index contributed by atoms with van der Waals surface area (Å²) < 4.78 is 58.9. The normalized spacial score (nSPS) is 17.8. The van der Waals surface area contributed by atoms with E-state index in [2.05, 4.69) is 9.71 Å². The molecule has 0 amide bonds. The van der Waals surface area contributed by atoms with E-state index in [9.17, 15) is 22.0 Å². The van der Waals surface area contributed by atoms with E-state index in [0.29, 0.717) is 24.9 Å². The summed E-state index contributed by atoms with van der Waals surface area (Å²) in [5, 5.41) is 2.96. The standard InChI is InChI=1S/C26H37F2N5O3S/c1-17(2)30-15-23(34)19(13-29)14-31-37(35,36)20-6-7-22-21(12-20)32-24(25(3,4)5)33(22)16-18-8-10-26(27,28)11-9-18/h6-7,12-14,17-18,30H,8-11,15-16,29H2,1-5H3. The van der Waals surface area contributed by atoms with Crippen LogP contribution < -0.4 is 11.1 Å². The summed E-state index contributed by atoms with van der Waals surface area (Å²) >= 11 is 0. The average molecular weight is 538 g/mol. The van der Waals surface area contributed by atoms with Crippen LogP contribution in [-0.2, 0) is 26.8 Å². The molecule has 0 spiro atoms. The second-order valence-corrected chi connectivity index (χ2v) is 12.7. The van der Waals surface area contributed by atoms with E-state index >= 15 is 0 Å². The molecule has 1 aromatic carbocycles. The van der Waals surface area contributed by atoms with Gasteiger partial charge in [-0.15, -0.1) is 0 Å². The molecule has 3 rings (SSSR count). The van der Waals surface area contributed by atoms with Gasteiger partial charge in [0.25, 0.3) is 10.0 Å². The summed E-state index contributed by atoms with van der Waals surface area (Å²) in [4.78, 5) is 17.0. The summed E-state index contributed by atoms with van der Waals surface area (Å²) in [6.07, 6.45) is 2.61. The predicted molar refractivity (Wildman–Crippen MR) is 141 cm³/mol. The van der Waals surface area contributed by atoms with Crippen molar-refractivity contribution in [3.05, 3.63) is 35.8 Å². The van der Waals surface area contributed by atoms with Gasteiger partial charge in [0.15, 0.2) is 5.78 Å². The van der Waals surface area contributed by atoms with Gasteiger partial charge in [-0.05, 0) is 37.0 Å². The number of aromatic nitrogens is 2. The number of hydrogen-bond acceptors (Lipinski definition) is 6. The first-order chi connectivity index (χ1) is 17.1. The van der Waals surface area contributed by atoms with E-state index < -0.39 is 15.9 Å². The lowest BCUT2D eigenvalue weighted by molar-refractivity contribution is -0.114. The zero-order valence-corrected chi connectivity index (χ0v) is 22.9. The van der Waals surface area contributed by atoms with Crippen LogP contribution in [0.5, 0.6) is 0 Å². The van der Waals surface area contributed by atoms with E-state index in [0.717, 1.165) is 23.8 Å². The Morgan fingerprint density at radius 3 is 2.51 bits per heavy atom. The number of Topliss-reactive ketones (excluding diaryl/α,β-unsaturated/α-hetero) is 1.